The van der Waals surface area contributed by atoms with Crippen LogP contribution >= 0.6 is 0 Å². The number of carbonyl (C=O) groups is 1. The fourth-order valence-corrected chi connectivity index (χ4v) is 4.43. The molecule has 0 saturated carbocycles. The molecule has 0 bridgehead atoms. The van der Waals surface area contributed by atoms with Crippen LogP contribution in [-0.2, 0) is 9.53 Å². The van der Waals surface area contributed by atoms with Gasteiger partial charge in [0.2, 0.25) is 11.6 Å². The zero-order chi connectivity index (χ0) is 30.7. The van der Waals surface area contributed by atoms with E-state index in [1.807, 2.05) is 0 Å². The van der Waals surface area contributed by atoms with E-state index in [9.17, 15) is 19.7 Å². The molecule has 3 aromatic carbocycles. The summed E-state index contributed by atoms with van der Waals surface area (Å²) in [6, 6.07) is 16.4. The molecule has 2 aromatic heterocycles. The number of para-hydroxylation sites is 1. The molecule has 0 radical (unpaired) electrons. The lowest BCUT2D eigenvalue weighted by Gasteiger charge is -2.16. The van der Waals surface area contributed by atoms with Gasteiger partial charge in [0.15, 0.2) is 17.6 Å². The van der Waals surface area contributed by atoms with Crippen molar-refractivity contribution in [3.8, 4) is 28.8 Å². The molecule has 5 aromatic rings. The molecule has 43 heavy (non-hydrogen) atoms. The Bertz CT molecular complexity index is 1940. The molecule has 0 amide bonds. The molecule has 13 nitrogen and oxygen atoms in total. The van der Waals surface area contributed by atoms with E-state index in [1.54, 1.807) is 55.5 Å². The zero-order valence-corrected chi connectivity index (χ0v) is 23.6. The van der Waals surface area contributed by atoms with E-state index in [1.165, 1.54) is 39.5 Å². The number of benzene rings is 3. The molecule has 0 aliphatic rings. The maximum absolute atomic E-state index is 13.6. The molecule has 0 saturated heterocycles. The van der Waals surface area contributed by atoms with Gasteiger partial charge in [-0.05, 0) is 50.2 Å². The number of aromatic nitrogens is 2. The Hall–Kier alpha value is -5.72. The highest BCUT2D eigenvalue weighted by atomic mass is 16.6. The highest BCUT2D eigenvalue weighted by molar-refractivity contribution is 5.89. The van der Waals surface area contributed by atoms with Crippen molar-refractivity contribution in [1.82, 2.24) is 9.66 Å². The second-order valence-corrected chi connectivity index (χ2v) is 9.14. The lowest BCUT2D eigenvalue weighted by atomic mass is 10.1. The number of nitro groups is 1. The number of nitrogens with zero attached hydrogens (tertiary/aromatic N) is 4. The van der Waals surface area contributed by atoms with Crippen molar-refractivity contribution < 1.29 is 33.1 Å². The molecule has 220 valence electrons. The molecule has 0 aliphatic carbocycles. The quantitative estimate of drug-likeness (QED) is 0.0949. The largest absolute Gasteiger partial charge is 0.496 e. The standard InChI is InChI=1S/C30H26N4O9/c1-5-41-25-14-18(13-22(34(37)38)27(25)42-17(2)30(36)40-4)16-31-33-28(32-21-10-7-6-9-19(21)29(33)35)26-15-20-23(39-3)11-8-12-24(20)43-26/h6-17H,5H2,1-4H3/t17-/m0/s1. The maximum Gasteiger partial charge on any atom is 0.346 e. The van der Waals surface area contributed by atoms with Crippen LogP contribution in [0.2, 0.25) is 0 Å². The van der Waals surface area contributed by atoms with Gasteiger partial charge >= 0.3 is 11.7 Å². The van der Waals surface area contributed by atoms with Crippen LogP contribution < -0.4 is 19.8 Å². The van der Waals surface area contributed by atoms with Gasteiger partial charge in [0, 0.05) is 11.6 Å². The van der Waals surface area contributed by atoms with Crippen molar-refractivity contribution in [1.29, 1.82) is 0 Å². The number of fused-ring (bicyclic) bond motifs is 2. The van der Waals surface area contributed by atoms with E-state index >= 15 is 0 Å². The molecule has 2 heterocycles. The number of esters is 1. The number of furan rings is 1. The Kier molecular flexibility index (Phi) is 8.05. The first-order valence-electron chi connectivity index (χ1n) is 13.1. The van der Waals surface area contributed by atoms with E-state index in [0.29, 0.717) is 27.6 Å². The number of ether oxygens (including phenoxy) is 4. The van der Waals surface area contributed by atoms with Crippen LogP contribution in [0, 0.1) is 10.1 Å². The van der Waals surface area contributed by atoms with Crippen LogP contribution in [0.1, 0.15) is 19.4 Å². The summed E-state index contributed by atoms with van der Waals surface area (Å²) >= 11 is 0. The first kappa shape index (κ1) is 28.8. The highest BCUT2D eigenvalue weighted by Crippen LogP contribution is 2.39. The number of rotatable bonds is 10. The Morgan fingerprint density at radius 2 is 1.91 bits per heavy atom. The van der Waals surface area contributed by atoms with Crippen LogP contribution in [-0.4, -0.2) is 53.7 Å². The zero-order valence-electron chi connectivity index (χ0n) is 23.6. The van der Waals surface area contributed by atoms with Crippen molar-refractivity contribution in [2.24, 2.45) is 5.10 Å². The minimum atomic E-state index is -1.14. The molecule has 0 aliphatic heterocycles. The van der Waals surface area contributed by atoms with Crippen LogP contribution in [0.25, 0.3) is 33.5 Å². The number of hydrogen-bond donors (Lipinski definition) is 0. The molecule has 0 N–H and O–H groups in total. The predicted octanol–water partition coefficient (Wildman–Crippen LogP) is 4.95. The molecule has 5 rings (SSSR count). The predicted molar refractivity (Wildman–Crippen MR) is 157 cm³/mol. The Morgan fingerprint density at radius 1 is 1.12 bits per heavy atom. The third-order valence-corrected chi connectivity index (χ3v) is 6.42. The molecule has 0 unspecified atom stereocenters. The maximum atomic E-state index is 13.6. The molecule has 0 fully saturated rings. The average Bonchev–Trinajstić information content (AvgIpc) is 3.45. The highest BCUT2D eigenvalue weighted by Gasteiger charge is 2.27. The summed E-state index contributed by atoms with van der Waals surface area (Å²) in [6.45, 7) is 3.23. The van der Waals surface area contributed by atoms with Gasteiger partial charge < -0.3 is 23.4 Å². The molecule has 1 atom stereocenters. The average molecular weight is 587 g/mol. The van der Waals surface area contributed by atoms with Gasteiger partial charge in [-0.2, -0.15) is 9.78 Å². The third kappa shape index (κ3) is 5.60. The van der Waals surface area contributed by atoms with Gasteiger partial charge in [-0.3, -0.25) is 14.9 Å². The second kappa shape index (κ2) is 12.0. The van der Waals surface area contributed by atoms with E-state index < -0.39 is 28.2 Å². The van der Waals surface area contributed by atoms with E-state index in [0.717, 1.165) is 4.68 Å². The van der Waals surface area contributed by atoms with E-state index in [-0.39, 0.29) is 35.3 Å². The normalized spacial score (nSPS) is 12.0. The summed E-state index contributed by atoms with van der Waals surface area (Å²) in [7, 11) is 2.72. The van der Waals surface area contributed by atoms with Gasteiger partial charge in [-0.1, -0.05) is 18.2 Å². The number of nitro benzene ring substituents is 1. The summed E-state index contributed by atoms with van der Waals surface area (Å²) in [5, 5.41) is 17.4. The third-order valence-electron chi connectivity index (χ3n) is 6.42. The van der Waals surface area contributed by atoms with Gasteiger partial charge in [0.25, 0.3) is 5.56 Å². The van der Waals surface area contributed by atoms with Crippen molar-refractivity contribution in [2.45, 2.75) is 20.0 Å². The van der Waals surface area contributed by atoms with Crippen molar-refractivity contribution in [3.05, 3.63) is 86.7 Å². The Balaban J connectivity index is 1.67. The van der Waals surface area contributed by atoms with Crippen LogP contribution in [0.15, 0.2) is 75.0 Å². The second-order valence-electron chi connectivity index (χ2n) is 9.14. The van der Waals surface area contributed by atoms with E-state index in [2.05, 4.69) is 14.8 Å². The number of methoxy groups -OCH3 is 2. The van der Waals surface area contributed by atoms with Crippen LogP contribution in [0.3, 0.4) is 0 Å². The van der Waals surface area contributed by atoms with Crippen molar-refractivity contribution in [2.75, 3.05) is 20.8 Å². The minimum absolute atomic E-state index is 0.00230. The summed E-state index contributed by atoms with van der Waals surface area (Å²) < 4.78 is 28.4. The summed E-state index contributed by atoms with van der Waals surface area (Å²) in [5.74, 6) is -0.0388. The molecule has 0 spiro atoms. The fraction of sp³-hybridized carbons (Fsp3) is 0.200. The lowest BCUT2D eigenvalue weighted by Crippen LogP contribution is -2.25. The summed E-state index contributed by atoms with van der Waals surface area (Å²) in [6.07, 6.45) is 0.114. The lowest BCUT2D eigenvalue weighted by molar-refractivity contribution is -0.386. The minimum Gasteiger partial charge on any atom is -0.496 e. The van der Waals surface area contributed by atoms with Crippen molar-refractivity contribution in [3.63, 3.8) is 0 Å². The number of carbonyl (C=O) groups excluding carboxylic acids is 1. The molecular weight excluding hydrogens is 560 g/mol. The van der Waals surface area contributed by atoms with Crippen LogP contribution in [0.5, 0.6) is 17.2 Å². The summed E-state index contributed by atoms with van der Waals surface area (Å²) in [5.41, 5.74) is 0.191. The first-order valence-corrected chi connectivity index (χ1v) is 13.1. The van der Waals surface area contributed by atoms with Crippen molar-refractivity contribution >= 4 is 39.7 Å². The SMILES string of the molecule is CCOc1cc(C=Nn2c(-c3cc4c(OC)cccc4o3)nc3ccccc3c2=O)cc([N+](=O)[O-])c1O[C@@H](C)C(=O)OC. The fourth-order valence-electron chi connectivity index (χ4n) is 4.43. The Morgan fingerprint density at radius 3 is 2.63 bits per heavy atom. The molecular formula is C30H26N4O9. The smallest absolute Gasteiger partial charge is 0.346 e. The van der Waals surface area contributed by atoms with Crippen LogP contribution in [0.4, 0.5) is 5.69 Å². The monoisotopic (exact) mass is 586 g/mol. The molecule has 13 heteroatoms. The first-order chi connectivity index (χ1) is 20.7. The van der Waals surface area contributed by atoms with Gasteiger partial charge in [-0.25, -0.2) is 9.78 Å². The van der Waals surface area contributed by atoms with Gasteiger partial charge in [-0.15, -0.1) is 0 Å². The van der Waals surface area contributed by atoms with Gasteiger partial charge in [0.1, 0.15) is 11.3 Å². The Labute approximate surface area is 244 Å². The number of hydrogen-bond acceptors (Lipinski definition) is 11. The summed E-state index contributed by atoms with van der Waals surface area (Å²) in [4.78, 5) is 41.6. The topological polar surface area (TPSA) is 158 Å². The van der Waals surface area contributed by atoms with Gasteiger partial charge in [0.05, 0.1) is 48.3 Å². The van der Waals surface area contributed by atoms with E-state index in [4.69, 9.17) is 18.6 Å².